The van der Waals surface area contributed by atoms with Gasteiger partial charge in [0.05, 0.1) is 12.2 Å². The van der Waals surface area contributed by atoms with Crippen molar-refractivity contribution in [2.45, 2.75) is 33.2 Å². The molecular weight excluding hydrogens is 412 g/mol. The van der Waals surface area contributed by atoms with Gasteiger partial charge < -0.3 is 4.57 Å². The van der Waals surface area contributed by atoms with Crippen LogP contribution in [0.3, 0.4) is 0 Å². The van der Waals surface area contributed by atoms with Gasteiger partial charge in [0, 0.05) is 12.0 Å². The van der Waals surface area contributed by atoms with Crippen molar-refractivity contribution >= 4 is 17.2 Å². The van der Waals surface area contributed by atoms with E-state index in [4.69, 9.17) is 11.6 Å². The summed E-state index contributed by atoms with van der Waals surface area (Å²) in [6, 6.07) is 16.5. The van der Waals surface area contributed by atoms with Crippen LogP contribution in [0.15, 0.2) is 48.5 Å². The van der Waals surface area contributed by atoms with Gasteiger partial charge in [-0.3, -0.25) is 0 Å². The second kappa shape index (κ2) is 7.96. The van der Waals surface area contributed by atoms with Gasteiger partial charge in [-0.05, 0) is 35.2 Å². The van der Waals surface area contributed by atoms with Crippen molar-refractivity contribution in [3.05, 3.63) is 70.6 Å². The Balaban J connectivity index is 1.50. The van der Waals surface area contributed by atoms with Crippen LogP contribution in [0.4, 0.5) is 0 Å². The number of fused-ring (bicyclic) bond motifs is 1. The van der Waals surface area contributed by atoms with Gasteiger partial charge in [-0.15, -0.1) is 19.9 Å². The fourth-order valence-electron chi connectivity index (χ4n) is 3.82. The Kier molecular flexibility index (Phi) is 4.99. The fourth-order valence-corrected chi connectivity index (χ4v) is 4.03. The molecule has 0 aliphatic rings. The Morgan fingerprint density at radius 2 is 1.77 bits per heavy atom. The van der Waals surface area contributed by atoms with Crippen molar-refractivity contribution in [2.24, 2.45) is 0 Å². The first-order valence-electron chi connectivity index (χ1n) is 10.2. The Bertz CT molecular complexity index is 1330. The quantitative estimate of drug-likeness (QED) is 0.431. The zero-order chi connectivity index (χ0) is 21.4. The number of tetrazole rings is 1. The molecule has 0 saturated carbocycles. The van der Waals surface area contributed by atoms with Crippen LogP contribution in [-0.2, 0) is 13.0 Å². The number of hydrogen-bond acceptors (Lipinski definition) is 5. The zero-order valence-electron chi connectivity index (χ0n) is 17.2. The van der Waals surface area contributed by atoms with E-state index in [2.05, 4.69) is 72.6 Å². The van der Waals surface area contributed by atoms with E-state index in [-0.39, 0.29) is 0 Å². The second-order valence-corrected chi connectivity index (χ2v) is 7.82. The molecule has 0 amide bonds. The Labute approximate surface area is 183 Å². The minimum absolute atomic E-state index is 0.579. The lowest BCUT2D eigenvalue weighted by Gasteiger charge is -2.10. The van der Waals surface area contributed by atoms with E-state index in [0.29, 0.717) is 17.4 Å². The average molecular weight is 433 g/mol. The first-order chi connectivity index (χ1) is 15.2. The molecule has 0 radical (unpaired) electrons. The molecule has 0 unspecified atom stereocenters. The van der Waals surface area contributed by atoms with Crippen molar-refractivity contribution in [3.8, 4) is 22.5 Å². The van der Waals surface area contributed by atoms with Gasteiger partial charge in [0.15, 0.2) is 5.65 Å². The Morgan fingerprint density at radius 3 is 2.48 bits per heavy atom. The maximum atomic E-state index is 6.53. The van der Waals surface area contributed by atoms with Crippen molar-refractivity contribution in [3.63, 3.8) is 0 Å². The van der Waals surface area contributed by atoms with E-state index in [0.717, 1.165) is 52.3 Å². The predicted octanol–water partition coefficient (Wildman–Crippen LogP) is 4.34. The first-order valence-corrected chi connectivity index (χ1v) is 10.6. The van der Waals surface area contributed by atoms with E-state index in [1.807, 2.05) is 25.1 Å². The molecule has 0 aliphatic carbocycles. The monoisotopic (exact) mass is 432 g/mol. The summed E-state index contributed by atoms with van der Waals surface area (Å²) in [6.07, 6.45) is 1.87. The summed E-state index contributed by atoms with van der Waals surface area (Å²) < 4.78 is 3.81. The number of hydrogen-bond donors (Lipinski definition) is 1. The van der Waals surface area contributed by atoms with E-state index in [1.54, 1.807) is 4.63 Å². The van der Waals surface area contributed by atoms with Crippen LogP contribution in [0.5, 0.6) is 0 Å². The molecule has 0 fully saturated rings. The van der Waals surface area contributed by atoms with Crippen LogP contribution in [0.25, 0.3) is 28.2 Å². The SMILES string of the molecule is CCCc1nn2nc(C)c(Cl)c2n1Cc1ccc(-c2ccccc2-c2nn[nH]n2)cc1. The molecule has 0 spiro atoms. The lowest BCUT2D eigenvalue weighted by molar-refractivity contribution is 0.706. The standard InChI is InChI=1S/C22H21ClN8/c1-3-6-19-27-31-22(20(23)14(2)26-31)30(19)13-15-9-11-16(12-10-15)17-7-4-5-8-18(17)21-24-28-29-25-21/h4-5,7-12H,3,6,13H2,1-2H3,(H,24,25,28,29). The van der Waals surface area contributed by atoms with Gasteiger partial charge in [-0.1, -0.05) is 67.1 Å². The maximum absolute atomic E-state index is 6.53. The minimum atomic E-state index is 0.579. The summed E-state index contributed by atoms with van der Waals surface area (Å²) >= 11 is 6.53. The third-order valence-corrected chi connectivity index (χ3v) is 5.76. The van der Waals surface area contributed by atoms with Gasteiger partial charge in [0.25, 0.3) is 0 Å². The molecule has 3 aromatic heterocycles. The highest BCUT2D eigenvalue weighted by atomic mass is 35.5. The summed E-state index contributed by atoms with van der Waals surface area (Å²) in [4.78, 5) is 0. The number of rotatable bonds is 6. The Hall–Kier alpha value is -3.52. The molecule has 2 aromatic carbocycles. The van der Waals surface area contributed by atoms with Crippen LogP contribution in [0.2, 0.25) is 5.02 Å². The highest BCUT2D eigenvalue weighted by Crippen LogP contribution is 2.30. The number of aromatic nitrogens is 8. The molecule has 0 atom stereocenters. The normalized spacial score (nSPS) is 11.5. The van der Waals surface area contributed by atoms with E-state index >= 15 is 0 Å². The maximum Gasteiger partial charge on any atom is 0.205 e. The number of halogens is 1. The minimum Gasteiger partial charge on any atom is -0.306 e. The van der Waals surface area contributed by atoms with Gasteiger partial charge in [-0.2, -0.15) is 10.3 Å². The smallest absolute Gasteiger partial charge is 0.205 e. The fraction of sp³-hybridized carbons (Fsp3) is 0.227. The zero-order valence-corrected chi connectivity index (χ0v) is 18.0. The van der Waals surface area contributed by atoms with Crippen LogP contribution in [0.1, 0.15) is 30.4 Å². The van der Waals surface area contributed by atoms with E-state index in [9.17, 15) is 0 Å². The third-order valence-electron chi connectivity index (χ3n) is 5.32. The third kappa shape index (κ3) is 3.48. The van der Waals surface area contributed by atoms with E-state index in [1.165, 1.54) is 0 Å². The summed E-state index contributed by atoms with van der Waals surface area (Å²) in [6.45, 7) is 4.72. The van der Waals surface area contributed by atoms with Gasteiger partial charge in [0.2, 0.25) is 5.82 Å². The topological polar surface area (TPSA) is 89.6 Å². The molecule has 5 aromatic rings. The number of benzene rings is 2. The van der Waals surface area contributed by atoms with Crippen molar-refractivity contribution in [2.75, 3.05) is 0 Å². The van der Waals surface area contributed by atoms with Gasteiger partial charge in [0.1, 0.15) is 10.8 Å². The molecule has 1 N–H and O–H groups in total. The molecular formula is C22H21ClN8. The van der Waals surface area contributed by atoms with Crippen molar-refractivity contribution in [1.29, 1.82) is 0 Å². The average Bonchev–Trinajstić information content (AvgIpc) is 3.49. The first kappa shape index (κ1) is 19.4. The number of aryl methyl sites for hydroxylation is 2. The molecule has 3 heterocycles. The molecule has 5 rings (SSSR count). The van der Waals surface area contributed by atoms with Gasteiger partial charge >= 0.3 is 0 Å². The Morgan fingerprint density at radius 1 is 1.00 bits per heavy atom. The summed E-state index contributed by atoms with van der Waals surface area (Å²) in [5.41, 5.74) is 5.87. The molecule has 0 bridgehead atoms. The van der Waals surface area contributed by atoms with Crippen LogP contribution in [-0.4, -0.2) is 40.0 Å². The number of aromatic amines is 1. The summed E-state index contributed by atoms with van der Waals surface area (Å²) in [5, 5.41) is 24.2. The number of H-pyrrole nitrogens is 1. The largest absolute Gasteiger partial charge is 0.306 e. The second-order valence-electron chi connectivity index (χ2n) is 7.44. The van der Waals surface area contributed by atoms with Crippen LogP contribution in [0, 0.1) is 6.92 Å². The molecule has 9 heteroatoms. The molecule has 8 nitrogen and oxygen atoms in total. The highest BCUT2D eigenvalue weighted by molar-refractivity contribution is 6.34. The molecule has 0 aliphatic heterocycles. The van der Waals surface area contributed by atoms with Crippen LogP contribution < -0.4 is 0 Å². The predicted molar refractivity (Wildman–Crippen MR) is 119 cm³/mol. The number of nitrogens with zero attached hydrogens (tertiary/aromatic N) is 7. The lowest BCUT2D eigenvalue weighted by atomic mass is 9.98. The molecule has 156 valence electrons. The van der Waals surface area contributed by atoms with Gasteiger partial charge in [-0.25, -0.2) is 0 Å². The highest BCUT2D eigenvalue weighted by Gasteiger charge is 2.18. The van der Waals surface area contributed by atoms with Crippen molar-refractivity contribution < 1.29 is 0 Å². The summed E-state index contributed by atoms with van der Waals surface area (Å²) in [7, 11) is 0. The van der Waals surface area contributed by atoms with Crippen molar-refractivity contribution in [1.82, 2.24) is 40.0 Å². The van der Waals surface area contributed by atoms with Crippen LogP contribution >= 0.6 is 11.6 Å². The molecule has 31 heavy (non-hydrogen) atoms. The lowest BCUT2D eigenvalue weighted by Crippen LogP contribution is -2.05. The number of nitrogens with one attached hydrogen (secondary N) is 1. The summed E-state index contributed by atoms with van der Waals surface area (Å²) in [5.74, 6) is 1.56. The molecule has 0 saturated heterocycles. The van der Waals surface area contributed by atoms with E-state index < -0.39 is 0 Å².